The minimum absolute atomic E-state index is 0.614. The first-order valence-corrected chi connectivity index (χ1v) is 7.27. The van der Waals surface area contributed by atoms with Gasteiger partial charge in [-0.3, -0.25) is 0 Å². The number of methoxy groups -OCH3 is 1. The highest BCUT2D eigenvalue weighted by Gasteiger charge is 2.34. The van der Waals surface area contributed by atoms with Gasteiger partial charge in [-0.15, -0.1) is 0 Å². The van der Waals surface area contributed by atoms with Crippen molar-refractivity contribution in [2.24, 2.45) is 0 Å². The van der Waals surface area contributed by atoms with Crippen LogP contribution >= 0.6 is 0 Å². The van der Waals surface area contributed by atoms with Crippen LogP contribution in [0.4, 0.5) is 0 Å². The van der Waals surface area contributed by atoms with Gasteiger partial charge < -0.3 is 4.74 Å². The summed E-state index contributed by atoms with van der Waals surface area (Å²) in [4.78, 5) is 9.02. The van der Waals surface area contributed by atoms with Crippen molar-refractivity contribution in [2.75, 3.05) is 7.11 Å². The quantitative estimate of drug-likeness (QED) is 0.837. The highest BCUT2D eigenvalue weighted by atomic mass is 16.5. The molecule has 0 saturated heterocycles. The largest absolute Gasteiger partial charge is 0.481 e. The molecule has 0 bridgehead atoms. The molecule has 0 unspecified atom stereocenters. The molecule has 2 aromatic heterocycles. The van der Waals surface area contributed by atoms with Crippen LogP contribution in [0, 0.1) is 0 Å². The maximum atomic E-state index is 5.09. The number of rotatable bonds is 5. The van der Waals surface area contributed by atoms with Crippen molar-refractivity contribution < 1.29 is 4.74 Å². The van der Waals surface area contributed by atoms with Gasteiger partial charge in [-0.1, -0.05) is 6.07 Å². The average Bonchev–Trinajstić information content (AvgIpc) is 3.39. The fourth-order valence-electron chi connectivity index (χ4n) is 2.44. The highest BCUT2D eigenvalue weighted by Crippen LogP contribution is 2.42. The van der Waals surface area contributed by atoms with Gasteiger partial charge in [0.2, 0.25) is 5.88 Å². The van der Waals surface area contributed by atoms with Gasteiger partial charge >= 0.3 is 0 Å². The second kappa shape index (κ2) is 4.58. The number of aromatic nitrogens is 4. The number of ether oxygens (including phenoxy) is 1. The third-order valence-corrected chi connectivity index (χ3v) is 3.94. The Morgan fingerprint density at radius 1 is 1.20 bits per heavy atom. The molecule has 0 amide bonds. The van der Waals surface area contributed by atoms with E-state index in [9.17, 15) is 0 Å². The van der Waals surface area contributed by atoms with Crippen LogP contribution in [0.2, 0.25) is 0 Å². The summed E-state index contributed by atoms with van der Waals surface area (Å²) in [7, 11) is 1.63. The molecule has 0 spiro atoms. The third kappa shape index (κ3) is 2.28. The first kappa shape index (κ1) is 11.9. The lowest BCUT2D eigenvalue weighted by atomic mass is 10.3. The Bertz CT molecular complexity index is 611. The molecule has 0 aromatic carbocycles. The zero-order valence-corrected chi connectivity index (χ0v) is 11.6. The molecule has 5 nitrogen and oxygen atoms in total. The normalized spacial score (nSPS) is 18.2. The number of nitrogens with zero attached hydrogens (tertiary/aromatic N) is 4. The van der Waals surface area contributed by atoms with Crippen molar-refractivity contribution in [1.29, 1.82) is 0 Å². The Kier molecular flexibility index (Phi) is 2.72. The molecule has 5 heteroatoms. The minimum Gasteiger partial charge on any atom is -0.481 e. The van der Waals surface area contributed by atoms with E-state index in [1.165, 1.54) is 31.5 Å². The van der Waals surface area contributed by atoms with Gasteiger partial charge in [0.25, 0.3) is 0 Å². The molecule has 2 saturated carbocycles. The Morgan fingerprint density at radius 3 is 2.60 bits per heavy atom. The zero-order chi connectivity index (χ0) is 13.5. The van der Waals surface area contributed by atoms with E-state index >= 15 is 0 Å². The van der Waals surface area contributed by atoms with Crippen molar-refractivity contribution >= 4 is 0 Å². The maximum Gasteiger partial charge on any atom is 0.212 e. The number of hydrogen-bond acceptors (Lipinski definition) is 4. The minimum atomic E-state index is 0.614. The first-order chi connectivity index (χ1) is 9.83. The number of pyridine rings is 1. The van der Waals surface area contributed by atoms with Gasteiger partial charge in [0.1, 0.15) is 5.82 Å². The van der Waals surface area contributed by atoms with Gasteiger partial charge in [-0.2, -0.15) is 5.10 Å². The van der Waals surface area contributed by atoms with Crippen LogP contribution < -0.4 is 4.74 Å². The van der Waals surface area contributed by atoms with E-state index in [4.69, 9.17) is 14.8 Å². The Labute approximate surface area is 118 Å². The van der Waals surface area contributed by atoms with E-state index in [0.717, 1.165) is 17.9 Å². The van der Waals surface area contributed by atoms with Crippen LogP contribution in [0.3, 0.4) is 0 Å². The van der Waals surface area contributed by atoms with Gasteiger partial charge in [0, 0.05) is 24.1 Å². The van der Waals surface area contributed by atoms with Crippen molar-refractivity contribution in [3.05, 3.63) is 35.5 Å². The standard InChI is InChI=1S/C15H18N4O/c1-20-13-7-2-10(8-16-13)9-19-15(12-5-6-12)17-14(18-19)11-3-4-11/h2,7-8,11-12H,3-6,9H2,1H3. The predicted octanol–water partition coefficient (Wildman–Crippen LogP) is 2.48. The summed E-state index contributed by atoms with van der Waals surface area (Å²) < 4.78 is 7.17. The van der Waals surface area contributed by atoms with Crippen LogP contribution in [0.25, 0.3) is 0 Å². The SMILES string of the molecule is COc1ccc(Cn2nc(C3CC3)nc2C2CC2)cn1. The molecule has 0 N–H and O–H groups in total. The molecular weight excluding hydrogens is 252 g/mol. The smallest absolute Gasteiger partial charge is 0.212 e. The molecular formula is C15H18N4O. The van der Waals surface area contributed by atoms with E-state index in [0.29, 0.717) is 17.7 Å². The summed E-state index contributed by atoms with van der Waals surface area (Å²) in [5.41, 5.74) is 1.14. The molecule has 4 rings (SSSR count). The topological polar surface area (TPSA) is 52.8 Å². The molecule has 0 radical (unpaired) electrons. The van der Waals surface area contributed by atoms with E-state index in [1.807, 2.05) is 18.3 Å². The fraction of sp³-hybridized carbons (Fsp3) is 0.533. The second-order valence-corrected chi connectivity index (χ2v) is 5.74. The summed E-state index contributed by atoms with van der Waals surface area (Å²) in [6, 6.07) is 3.94. The van der Waals surface area contributed by atoms with E-state index in [1.54, 1.807) is 7.11 Å². The Hall–Kier alpha value is -1.91. The predicted molar refractivity (Wildman–Crippen MR) is 73.9 cm³/mol. The van der Waals surface area contributed by atoms with Crippen LogP contribution in [0.5, 0.6) is 5.88 Å². The molecule has 2 aliphatic carbocycles. The Balaban J connectivity index is 1.59. The molecule has 104 valence electrons. The number of hydrogen-bond donors (Lipinski definition) is 0. The molecule has 2 aromatic rings. The van der Waals surface area contributed by atoms with Crippen LogP contribution in [0.1, 0.15) is 54.7 Å². The second-order valence-electron chi connectivity index (χ2n) is 5.74. The molecule has 0 atom stereocenters. The summed E-state index contributed by atoms with van der Waals surface area (Å²) in [6.45, 7) is 0.753. The summed E-state index contributed by atoms with van der Waals surface area (Å²) >= 11 is 0. The lowest BCUT2D eigenvalue weighted by molar-refractivity contribution is 0.397. The van der Waals surface area contributed by atoms with Crippen LogP contribution in [-0.2, 0) is 6.54 Å². The lowest BCUT2D eigenvalue weighted by Gasteiger charge is -2.05. The van der Waals surface area contributed by atoms with Crippen molar-refractivity contribution in [2.45, 2.75) is 44.1 Å². The molecule has 2 aliphatic rings. The highest BCUT2D eigenvalue weighted by molar-refractivity contribution is 5.19. The van der Waals surface area contributed by atoms with Gasteiger partial charge in [0.15, 0.2) is 5.82 Å². The molecule has 20 heavy (non-hydrogen) atoms. The van der Waals surface area contributed by atoms with Crippen LogP contribution in [0.15, 0.2) is 18.3 Å². The molecule has 0 aliphatic heterocycles. The average molecular weight is 270 g/mol. The molecule has 2 heterocycles. The maximum absolute atomic E-state index is 5.09. The van der Waals surface area contributed by atoms with Gasteiger partial charge in [0.05, 0.1) is 13.7 Å². The monoisotopic (exact) mass is 270 g/mol. The van der Waals surface area contributed by atoms with E-state index < -0.39 is 0 Å². The first-order valence-electron chi connectivity index (χ1n) is 7.27. The van der Waals surface area contributed by atoms with Crippen molar-refractivity contribution in [3.63, 3.8) is 0 Å². The van der Waals surface area contributed by atoms with Crippen LogP contribution in [-0.4, -0.2) is 26.9 Å². The van der Waals surface area contributed by atoms with Crippen molar-refractivity contribution in [1.82, 2.24) is 19.7 Å². The fourth-order valence-corrected chi connectivity index (χ4v) is 2.44. The third-order valence-electron chi connectivity index (χ3n) is 3.94. The summed E-state index contributed by atoms with van der Waals surface area (Å²) in [6.07, 6.45) is 6.86. The molecule has 2 fully saturated rings. The van der Waals surface area contributed by atoms with E-state index in [-0.39, 0.29) is 0 Å². The Morgan fingerprint density at radius 2 is 2.00 bits per heavy atom. The zero-order valence-electron chi connectivity index (χ0n) is 11.6. The lowest BCUT2D eigenvalue weighted by Crippen LogP contribution is -2.06. The van der Waals surface area contributed by atoms with E-state index in [2.05, 4.69) is 9.67 Å². The van der Waals surface area contributed by atoms with Crippen molar-refractivity contribution in [3.8, 4) is 5.88 Å². The summed E-state index contributed by atoms with van der Waals surface area (Å²) in [5.74, 6) is 4.11. The summed E-state index contributed by atoms with van der Waals surface area (Å²) in [5, 5.41) is 4.72. The van der Waals surface area contributed by atoms with Gasteiger partial charge in [-0.25, -0.2) is 14.6 Å². The van der Waals surface area contributed by atoms with Gasteiger partial charge in [-0.05, 0) is 31.2 Å².